The Morgan fingerprint density at radius 2 is 1.72 bits per heavy atom. The Morgan fingerprint density at radius 3 is 2.31 bits per heavy atom. The molecule has 2 unspecified atom stereocenters. The van der Waals surface area contributed by atoms with Gasteiger partial charge in [-0.05, 0) is 51.9 Å². The van der Waals surface area contributed by atoms with Crippen molar-refractivity contribution in [2.75, 3.05) is 26.4 Å². The first kappa shape index (κ1) is 30.1. The Bertz CT molecular complexity index is 577. The molecular weight excluding hydrogens is 410 g/mol. The minimum atomic E-state index is -0.719. The van der Waals surface area contributed by atoms with E-state index in [1.54, 1.807) is 6.92 Å². The normalized spacial score (nSPS) is 13.7. The Labute approximate surface area is 194 Å². The second-order valence-electron chi connectivity index (χ2n) is 8.52. The van der Waals surface area contributed by atoms with Gasteiger partial charge in [-0.3, -0.25) is 4.79 Å². The number of rotatable bonds is 19. The number of hydrogen-bond donors (Lipinski definition) is 1. The summed E-state index contributed by atoms with van der Waals surface area (Å²) in [6.07, 6.45) is 7.40. The van der Waals surface area contributed by atoms with Crippen molar-refractivity contribution in [2.45, 2.75) is 98.0 Å². The number of amides is 1. The van der Waals surface area contributed by atoms with Crippen molar-refractivity contribution < 1.29 is 28.6 Å². The van der Waals surface area contributed by atoms with Crippen LogP contribution in [0.2, 0.25) is 0 Å². The molecule has 0 spiro atoms. The Morgan fingerprint density at radius 1 is 1.00 bits per heavy atom. The number of Topliss-reactive ketones (excluding diaryl/α,β-unsaturated/α-hetero) is 1. The second kappa shape index (κ2) is 17.6. The second-order valence-corrected chi connectivity index (χ2v) is 8.52. The van der Waals surface area contributed by atoms with E-state index in [2.05, 4.69) is 25.7 Å². The zero-order valence-corrected chi connectivity index (χ0v) is 20.9. The summed E-state index contributed by atoms with van der Waals surface area (Å²) < 4.78 is 16.1. The van der Waals surface area contributed by atoms with E-state index < -0.39 is 17.7 Å². The molecule has 1 N–H and O–H groups in total. The summed E-state index contributed by atoms with van der Waals surface area (Å²) in [7, 11) is 0. The molecule has 0 aromatic heterocycles. The third kappa shape index (κ3) is 13.5. The average Bonchev–Trinajstić information content (AvgIpc) is 2.78. The van der Waals surface area contributed by atoms with Crippen LogP contribution in [0.25, 0.3) is 0 Å². The molecule has 0 saturated carbocycles. The molecule has 0 aliphatic carbocycles. The zero-order valence-electron chi connectivity index (χ0n) is 20.9. The van der Waals surface area contributed by atoms with E-state index in [0.29, 0.717) is 37.4 Å². The lowest BCUT2D eigenvalue weighted by molar-refractivity contribution is -0.145. The number of esters is 1. The van der Waals surface area contributed by atoms with Gasteiger partial charge >= 0.3 is 12.1 Å². The van der Waals surface area contributed by atoms with Gasteiger partial charge < -0.3 is 19.5 Å². The van der Waals surface area contributed by atoms with Crippen LogP contribution in [0.1, 0.15) is 92.4 Å². The number of hydrogen-bond acceptors (Lipinski definition) is 6. The van der Waals surface area contributed by atoms with Gasteiger partial charge in [-0.1, -0.05) is 46.6 Å². The maximum Gasteiger partial charge on any atom is 0.407 e. The van der Waals surface area contributed by atoms with Crippen molar-refractivity contribution in [3.05, 3.63) is 12.2 Å². The zero-order chi connectivity index (χ0) is 24.4. The molecule has 0 fully saturated rings. The van der Waals surface area contributed by atoms with Crippen LogP contribution in [0.3, 0.4) is 0 Å². The lowest BCUT2D eigenvalue weighted by Crippen LogP contribution is -2.39. The molecule has 186 valence electrons. The van der Waals surface area contributed by atoms with Crippen LogP contribution in [0.15, 0.2) is 12.2 Å². The van der Waals surface area contributed by atoms with Crippen LogP contribution in [-0.2, 0) is 23.8 Å². The fraction of sp³-hybridized carbons (Fsp3) is 0.800. The molecule has 1 amide bonds. The van der Waals surface area contributed by atoms with Gasteiger partial charge in [-0.2, -0.15) is 0 Å². The Balaban J connectivity index is 4.00. The molecule has 32 heavy (non-hydrogen) atoms. The highest BCUT2D eigenvalue weighted by Crippen LogP contribution is 2.23. The van der Waals surface area contributed by atoms with Gasteiger partial charge in [0.15, 0.2) is 5.78 Å². The Hall–Kier alpha value is -1.89. The van der Waals surface area contributed by atoms with Gasteiger partial charge in [0.2, 0.25) is 0 Å². The van der Waals surface area contributed by atoms with Gasteiger partial charge in [0.1, 0.15) is 12.2 Å². The summed E-state index contributed by atoms with van der Waals surface area (Å²) in [6.45, 7) is 14.5. The molecule has 0 rings (SSSR count). The monoisotopic (exact) mass is 455 g/mol. The van der Waals surface area contributed by atoms with Gasteiger partial charge in [-0.15, -0.1) is 0 Å². The maximum absolute atomic E-state index is 12.7. The van der Waals surface area contributed by atoms with E-state index in [1.165, 1.54) is 12.8 Å². The number of unbranched alkanes of at least 4 members (excludes halogenated alkanes) is 3. The van der Waals surface area contributed by atoms with E-state index in [0.717, 1.165) is 25.7 Å². The molecule has 0 saturated heterocycles. The van der Waals surface area contributed by atoms with Crippen LogP contribution >= 0.6 is 0 Å². The largest absolute Gasteiger partial charge is 0.460 e. The van der Waals surface area contributed by atoms with Crippen LogP contribution in [0, 0.1) is 5.92 Å². The summed E-state index contributed by atoms with van der Waals surface area (Å²) in [6, 6.07) is 0. The summed E-state index contributed by atoms with van der Waals surface area (Å²) in [5, 5.41) is 2.52. The topological polar surface area (TPSA) is 90.9 Å². The SMILES string of the molecule is C=C(C)C(=O)OCCNC(=O)OCCCCCC(=O)C(C)(CC)OCC(CC)CCCC. The molecule has 0 aliphatic heterocycles. The standard InChI is InChI=1S/C25H45NO6/c1-7-10-14-21(8-2)19-32-25(6,9-3)22(27)15-12-11-13-17-31-24(29)26-16-18-30-23(28)20(4)5/h21H,4,7-19H2,1-3,5-6H3,(H,26,29). The van der Waals surface area contributed by atoms with E-state index in [4.69, 9.17) is 14.2 Å². The van der Waals surface area contributed by atoms with Crippen molar-refractivity contribution in [1.29, 1.82) is 0 Å². The molecule has 7 heteroatoms. The number of nitrogens with one attached hydrogen (secondary N) is 1. The third-order valence-corrected chi connectivity index (χ3v) is 5.68. The maximum atomic E-state index is 12.7. The Kier molecular flexibility index (Phi) is 16.6. The highest BCUT2D eigenvalue weighted by molar-refractivity contribution is 5.87. The molecule has 0 aromatic carbocycles. The van der Waals surface area contributed by atoms with Crippen molar-refractivity contribution >= 4 is 17.8 Å². The predicted molar refractivity (Wildman–Crippen MR) is 127 cm³/mol. The predicted octanol–water partition coefficient (Wildman–Crippen LogP) is 5.36. The third-order valence-electron chi connectivity index (χ3n) is 5.68. The average molecular weight is 456 g/mol. The van der Waals surface area contributed by atoms with E-state index in [1.807, 2.05) is 13.8 Å². The molecule has 0 radical (unpaired) electrons. The van der Waals surface area contributed by atoms with Crippen LogP contribution in [0.4, 0.5) is 4.79 Å². The van der Waals surface area contributed by atoms with Gasteiger partial charge in [0.05, 0.1) is 19.8 Å². The first-order valence-electron chi connectivity index (χ1n) is 12.1. The summed E-state index contributed by atoms with van der Waals surface area (Å²) in [5.74, 6) is 0.171. The smallest absolute Gasteiger partial charge is 0.407 e. The first-order chi connectivity index (χ1) is 15.2. The van der Waals surface area contributed by atoms with Gasteiger partial charge in [0.25, 0.3) is 0 Å². The number of ketones is 1. The highest BCUT2D eigenvalue weighted by Gasteiger charge is 2.32. The molecular formula is C25H45NO6. The van der Waals surface area contributed by atoms with Gasteiger partial charge in [0, 0.05) is 12.0 Å². The summed E-state index contributed by atoms with van der Waals surface area (Å²) in [4.78, 5) is 35.5. The van der Waals surface area contributed by atoms with Crippen molar-refractivity contribution in [1.82, 2.24) is 5.32 Å². The number of carbonyl (C=O) groups excluding carboxylic acids is 3. The number of carbonyl (C=O) groups is 3. The van der Waals surface area contributed by atoms with Crippen LogP contribution in [0.5, 0.6) is 0 Å². The fourth-order valence-corrected chi connectivity index (χ4v) is 3.04. The molecule has 7 nitrogen and oxygen atoms in total. The fourth-order valence-electron chi connectivity index (χ4n) is 3.04. The molecule has 0 aromatic rings. The van der Waals surface area contributed by atoms with Crippen molar-refractivity contribution in [3.8, 4) is 0 Å². The summed E-state index contributed by atoms with van der Waals surface area (Å²) in [5.41, 5.74) is -0.405. The lowest BCUT2D eigenvalue weighted by atomic mass is 9.92. The van der Waals surface area contributed by atoms with Gasteiger partial charge in [-0.25, -0.2) is 9.59 Å². The van der Waals surface area contributed by atoms with Crippen LogP contribution in [-0.4, -0.2) is 49.8 Å². The highest BCUT2D eigenvalue weighted by atomic mass is 16.6. The van der Waals surface area contributed by atoms with Crippen LogP contribution < -0.4 is 5.32 Å². The summed E-state index contributed by atoms with van der Waals surface area (Å²) >= 11 is 0. The van der Waals surface area contributed by atoms with E-state index >= 15 is 0 Å². The number of alkyl carbamates (subject to hydrolysis) is 1. The van der Waals surface area contributed by atoms with E-state index in [9.17, 15) is 14.4 Å². The first-order valence-corrected chi connectivity index (χ1v) is 12.1. The van der Waals surface area contributed by atoms with E-state index in [-0.39, 0.29) is 25.5 Å². The molecule has 0 aliphatic rings. The van der Waals surface area contributed by atoms with Crippen molar-refractivity contribution in [3.63, 3.8) is 0 Å². The molecule has 2 atom stereocenters. The number of ether oxygens (including phenoxy) is 3. The minimum Gasteiger partial charge on any atom is -0.460 e. The lowest BCUT2D eigenvalue weighted by Gasteiger charge is -2.29. The molecule has 0 bridgehead atoms. The quantitative estimate of drug-likeness (QED) is 0.160. The minimum absolute atomic E-state index is 0.0682. The molecule has 0 heterocycles. The van der Waals surface area contributed by atoms with Crippen molar-refractivity contribution in [2.24, 2.45) is 5.92 Å².